The van der Waals surface area contributed by atoms with Gasteiger partial charge in [0.05, 0.1) is 6.33 Å². The number of aryl methyl sites for hydroxylation is 1. The number of nitrogens with one attached hydrogen (secondary N) is 1. The van der Waals surface area contributed by atoms with Crippen LogP contribution in [0.1, 0.15) is 37.7 Å². The Morgan fingerprint density at radius 3 is 2.85 bits per heavy atom. The Balaban J connectivity index is 1.51. The highest BCUT2D eigenvalue weighted by Gasteiger charge is 2.30. The molecule has 3 rings (SSSR count). The fourth-order valence-electron chi connectivity index (χ4n) is 3.99. The molecule has 1 aromatic heterocycles. The highest BCUT2D eigenvalue weighted by atomic mass is 15.3. The minimum Gasteiger partial charge on any atom is -0.356 e. The third-order valence-electron chi connectivity index (χ3n) is 5.43. The number of aliphatic imine (C=N–C) groups is 1. The lowest BCUT2D eigenvalue weighted by molar-refractivity contribution is 0.215. The molecule has 0 bridgehead atoms. The van der Waals surface area contributed by atoms with Gasteiger partial charge in [0, 0.05) is 45.6 Å². The smallest absolute Gasteiger partial charge is 0.193 e. The maximum atomic E-state index is 4.53. The molecule has 1 aliphatic heterocycles. The third-order valence-corrected chi connectivity index (χ3v) is 5.43. The molecule has 5 heteroatoms. The molecular formula is C21H31N5. The molecule has 1 aliphatic rings. The summed E-state index contributed by atoms with van der Waals surface area (Å²) in [6.45, 7) is 6.37. The van der Waals surface area contributed by atoms with Crippen molar-refractivity contribution in [2.45, 2.75) is 38.6 Å². The van der Waals surface area contributed by atoms with Gasteiger partial charge in [-0.2, -0.15) is 0 Å². The number of benzene rings is 1. The predicted molar refractivity (Wildman–Crippen MR) is 107 cm³/mol. The molecule has 1 N–H and O–H groups in total. The van der Waals surface area contributed by atoms with Crippen LogP contribution in [0.15, 0.2) is 54.0 Å². The van der Waals surface area contributed by atoms with Crippen molar-refractivity contribution in [3.8, 4) is 0 Å². The van der Waals surface area contributed by atoms with E-state index in [0.29, 0.717) is 11.8 Å². The maximum Gasteiger partial charge on any atom is 0.193 e. The molecule has 2 unspecified atom stereocenters. The molecule has 2 atom stereocenters. The molecule has 0 radical (unpaired) electrons. The largest absolute Gasteiger partial charge is 0.356 e. The zero-order chi connectivity index (χ0) is 18.2. The molecule has 0 aliphatic carbocycles. The monoisotopic (exact) mass is 353 g/mol. The SMILES string of the molecule is CCC1CN(C(=NC)NCCCn2ccnc2)CCC1c1ccccc1. The van der Waals surface area contributed by atoms with Gasteiger partial charge in [0.15, 0.2) is 5.96 Å². The second-order valence-electron chi connectivity index (χ2n) is 7.05. The van der Waals surface area contributed by atoms with Gasteiger partial charge < -0.3 is 14.8 Å². The first kappa shape index (κ1) is 18.5. The Labute approximate surface area is 157 Å². The van der Waals surface area contributed by atoms with E-state index in [1.165, 1.54) is 18.4 Å². The summed E-state index contributed by atoms with van der Waals surface area (Å²) < 4.78 is 2.11. The number of rotatable bonds is 6. The molecule has 140 valence electrons. The van der Waals surface area contributed by atoms with E-state index in [2.05, 4.69) is 62.0 Å². The van der Waals surface area contributed by atoms with E-state index in [4.69, 9.17) is 0 Å². The Morgan fingerprint density at radius 2 is 2.15 bits per heavy atom. The lowest BCUT2D eigenvalue weighted by atomic mass is 9.79. The quantitative estimate of drug-likeness (QED) is 0.492. The fourth-order valence-corrected chi connectivity index (χ4v) is 3.99. The van der Waals surface area contributed by atoms with Crippen molar-refractivity contribution >= 4 is 5.96 Å². The standard InChI is InChI=1S/C21H31N5/c1-3-18-16-26(14-10-20(18)19-8-5-4-6-9-19)21(22-2)24-11-7-13-25-15-12-23-17-25/h4-6,8-9,12,15,17-18,20H,3,7,10-11,13-14,16H2,1-2H3,(H,22,24). The zero-order valence-corrected chi connectivity index (χ0v) is 16.0. The molecule has 1 saturated heterocycles. The summed E-state index contributed by atoms with van der Waals surface area (Å²) in [7, 11) is 1.89. The lowest BCUT2D eigenvalue weighted by Gasteiger charge is -2.40. The van der Waals surface area contributed by atoms with Crippen molar-refractivity contribution in [1.29, 1.82) is 0 Å². The first-order valence-electron chi connectivity index (χ1n) is 9.78. The molecule has 1 aromatic carbocycles. The van der Waals surface area contributed by atoms with Crippen LogP contribution in [0.25, 0.3) is 0 Å². The Kier molecular flexibility index (Phi) is 6.69. The molecule has 0 amide bonds. The number of piperidine rings is 1. The molecule has 0 saturated carbocycles. The van der Waals surface area contributed by atoms with Crippen molar-refractivity contribution in [3.05, 3.63) is 54.6 Å². The van der Waals surface area contributed by atoms with E-state index in [-0.39, 0.29) is 0 Å². The summed E-state index contributed by atoms with van der Waals surface area (Å²) in [5.41, 5.74) is 1.49. The zero-order valence-electron chi connectivity index (χ0n) is 16.0. The van der Waals surface area contributed by atoms with Gasteiger partial charge in [-0.25, -0.2) is 4.98 Å². The van der Waals surface area contributed by atoms with Gasteiger partial charge in [-0.1, -0.05) is 43.7 Å². The summed E-state index contributed by atoms with van der Waals surface area (Å²) in [6, 6.07) is 11.0. The van der Waals surface area contributed by atoms with Crippen LogP contribution < -0.4 is 5.32 Å². The molecular weight excluding hydrogens is 322 g/mol. The van der Waals surface area contributed by atoms with Crippen molar-refractivity contribution in [1.82, 2.24) is 19.8 Å². The second-order valence-corrected chi connectivity index (χ2v) is 7.05. The molecule has 1 fully saturated rings. The molecule has 2 heterocycles. The fraction of sp³-hybridized carbons (Fsp3) is 0.524. The number of likely N-dealkylation sites (tertiary alicyclic amines) is 1. The number of aromatic nitrogens is 2. The number of hydrogen-bond donors (Lipinski definition) is 1. The Bertz CT molecular complexity index is 665. The summed E-state index contributed by atoms with van der Waals surface area (Å²) in [6.07, 6.45) is 9.16. The number of nitrogens with zero attached hydrogens (tertiary/aromatic N) is 4. The minimum atomic E-state index is 0.664. The topological polar surface area (TPSA) is 45.5 Å². The number of hydrogen-bond acceptors (Lipinski definition) is 2. The number of imidazole rings is 1. The number of guanidine groups is 1. The molecule has 26 heavy (non-hydrogen) atoms. The van der Waals surface area contributed by atoms with E-state index in [1.807, 2.05) is 25.8 Å². The van der Waals surface area contributed by atoms with Crippen LogP contribution in [0.3, 0.4) is 0 Å². The van der Waals surface area contributed by atoms with Crippen LogP contribution in [0.2, 0.25) is 0 Å². The average Bonchev–Trinajstić information content (AvgIpc) is 3.22. The van der Waals surface area contributed by atoms with Gasteiger partial charge in [-0.05, 0) is 30.2 Å². The van der Waals surface area contributed by atoms with E-state index in [0.717, 1.165) is 38.6 Å². The van der Waals surface area contributed by atoms with Gasteiger partial charge in [-0.3, -0.25) is 4.99 Å². The highest BCUT2D eigenvalue weighted by molar-refractivity contribution is 5.80. The van der Waals surface area contributed by atoms with E-state index in [9.17, 15) is 0 Å². The first-order chi connectivity index (χ1) is 12.8. The van der Waals surface area contributed by atoms with Crippen molar-refractivity contribution < 1.29 is 0 Å². The van der Waals surface area contributed by atoms with E-state index >= 15 is 0 Å². The summed E-state index contributed by atoms with van der Waals surface area (Å²) >= 11 is 0. The second kappa shape index (κ2) is 9.41. The summed E-state index contributed by atoms with van der Waals surface area (Å²) in [4.78, 5) is 11.0. The molecule has 5 nitrogen and oxygen atoms in total. The van der Waals surface area contributed by atoms with Gasteiger partial charge in [0.25, 0.3) is 0 Å². The van der Waals surface area contributed by atoms with E-state index < -0.39 is 0 Å². The van der Waals surface area contributed by atoms with Gasteiger partial charge in [0.1, 0.15) is 0 Å². The van der Waals surface area contributed by atoms with Crippen molar-refractivity contribution in [2.24, 2.45) is 10.9 Å². The summed E-state index contributed by atoms with van der Waals surface area (Å²) in [5, 5.41) is 3.54. The van der Waals surface area contributed by atoms with Gasteiger partial charge in [0.2, 0.25) is 0 Å². The van der Waals surface area contributed by atoms with Crippen molar-refractivity contribution in [3.63, 3.8) is 0 Å². The van der Waals surface area contributed by atoms with E-state index in [1.54, 1.807) is 0 Å². The third kappa shape index (κ3) is 4.65. The normalized spacial score (nSPS) is 21.0. The highest BCUT2D eigenvalue weighted by Crippen LogP contribution is 2.34. The molecule has 2 aromatic rings. The average molecular weight is 354 g/mol. The lowest BCUT2D eigenvalue weighted by Crippen LogP contribution is -2.48. The van der Waals surface area contributed by atoms with Crippen LogP contribution in [-0.4, -0.2) is 47.1 Å². The molecule has 0 spiro atoms. The van der Waals surface area contributed by atoms with Crippen molar-refractivity contribution in [2.75, 3.05) is 26.7 Å². The van der Waals surface area contributed by atoms with Crippen LogP contribution in [0.5, 0.6) is 0 Å². The van der Waals surface area contributed by atoms with Gasteiger partial charge >= 0.3 is 0 Å². The van der Waals surface area contributed by atoms with Crippen LogP contribution in [-0.2, 0) is 6.54 Å². The first-order valence-corrected chi connectivity index (χ1v) is 9.78. The maximum absolute atomic E-state index is 4.53. The minimum absolute atomic E-state index is 0.664. The van der Waals surface area contributed by atoms with Crippen LogP contribution in [0.4, 0.5) is 0 Å². The predicted octanol–water partition coefficient (Wildman–Crippen LogP) is 3.36. The van der Waals surface area contributed by atoms with Crippen LogP contribution in [0, 0.1) is 5.92 Å². The van der Waals surface area contributed by atoms with Gasteiger partial charge in [-0.15, -0.1) is 0 Å². The summed E-state index contributed by atoms with van der Waals surface area (Å²) in [5.74, 6) is 2.38. The Morgan fingerprint density at radius 1 is 1.31 bits per heavy atom. The Hall–Kier alpha value is -2.30. The van der Waals surface area contributed by atoms with Crippen LogP contribution >= 0.6 is 0 Å².